The Morgan fingerprint density at radius 1 is 0.882 bits per heavy atom. The summed E-state index contributed by atoms with van der Waals surface area (Å²) >= 11 is 0. The van der Waals surface area contributed by atoms with Crippen LogP contribution in [0.15, 0.2) is 48.5 Å². The molecular weight excluding hydrogens is 210 g/mol. The summed E-state index contributed by atoms with van der Waals surface area (Å²) in [5.41, 5.74) is 15.0. The molecule has 0 aliphatic heterocycles. The number of hydrogen-bond donors (Lipinski definition) is 3. The Morgan fingerprint density at radius 3 is 2.35 bits per heavy atom. The molecule has 0 atom stereocenters. The number of hydrogen-bond acceptors (Lipinski definition) is 3. The van der Waals surface area contributed by atoms with Crippen molar-refractivity contribution in [3.63, 3.8) is 0 Å². The summed E-state index contributed by atoms with van der Waals surface area (Å²) in [4.78, 5) is 0. The van der Waals surface area contributed by atoms with E-state index in [2.05, 4.69) is 29.6 Å². The van der Waals surface area contributed by atoms with Crippen molar-refractivity contribution in [2.45, 2.75) is 6.42 Å². The van der Waals surface area contributed by atoms with Gasteiger partial charge in [0.05, 0.1) is 11.4 Å². The van der Waals surface area contributed by atoms with E-state index >= 15 is 0 Å². The maximum absolute atomic E-state index is 5.74. The van der Waals surface area contributed by atoms with Gasteiger partial charge in [-0.1, -0.05) is 30.3 Å². The molecule has 3 heteroatoms. The van der Waals surface area contributed by atoms with Gasteiger partial charge in [-0.25, -0.2) is 0 Å². The molecule has 3 nitrogen and oxygen atoms in total. The topological polar surface area (TPSA) is 64.1 Å². The number of rotatable bonds is 4. The van der Waals surface area contributed by atoms with Crippen LogP contribution in [0, 0.1) is 0 Å². The van der Waals surface area contributed by atoms with E-state index < -0.39 is 0 Å². The van der Waals surface area contributed by atoms with E-state index in [4.69, 9.17) is 11.5 Å². The Morgan fingerprint density at radius 2 is 1.65 bits per heavy atom. The number of nitrogens with two attached hydrogens (primary N) is 2. The van der Waals surface area contributed by atoms with Gasteiger partial charge in [-0.3, -0.25) is 0 Å². The summed E-state index contributed by atoms with van der Waals surface area (Å²) < 4.78 is 0. The number of anilines is 3. The first-order chi connectivity index (χ1) is 8.25. The first kappa shape index (κ1) is 11.3. The van der Waals surface area contributed by atoms with Gasteiger partial charge in [0, 0.05) is 12.2 Å². The Balaban J connectivity index is 1.88. The summed E-state index contributed by atoms with van der Waals surface area (Å²) in [5, 5.41) is 3.33. The fourth-order valence-corrected chi connectivity index (χ4v) is 1.68. The minimum absolute atomic E-state index is 0.620. The molecule has 0 aliphatic carbocycles. The van der Waals surface area contributed by atoms with Crippen LogP contribution in [0.1, 0.15) is 5.56 Å². The molecule has 0 aliphatic rings. The Labute approximate surface area is 101 Å². The van der Waals surface area contributed by atoms with Crippen LogP contribution >= 0.6 is 0 Å². The molecule has 0 saturated heterocycles. The molecule has 0 radical (unpaired) electrons. The molecule has 0 unspecified atom stereocenters. The van der Waals surface area contributed by atoms with Crippen molar-refractivity contribution in [1.82, 2.24) is 0 Å². The van der Waals surface area contributed by atoms with Crippen LogP contribution in [0.2, 0.25) is 0 Å². The number of nitrogen functional groups attached to an aromatic ring is 2. The van der Waals surface area contributed by atoms with Crippen molar-refractivity contribution in [2.24, 2.45) is 0 Å². The SMILES string of the molecule is Nc1ccc(NCCc2ccccc2)cc1N. The molecule has 2 aromatic rings. The van der Waals surface area contributed by atoms with Crippen LogP contribution in [0.4, 0.5) is 17.1 Å². The van der Waals surface area contributed by atoms with E-state index in [-0.39, 0.29) is 0 Å². The van der Waals surface area contributed by atoms with Crippen LogP contribution in [0.3, 0.4) is 0 Å². The molecular formula is C14H17N3. The molecule has 5 N–H and O–H groups in total. The highest BCUT2D eigenvalue weighted by atomic mass is 14.9. The highest BCUT2D eigenvalue weighted by Gasteiger charge is 1.97. The summed E-state index contributed by atoms with van der Waals surface area (Å²) in [6, 6.07) is 16.0. The maximum atomic E-state index is 5.74. The minimum Gasteiger partial charge on any atom is -0.397 e. The van der Waals surface area contributed by atoms with Gasteiger partial charge in [0.1, 0.15) is 0 Å². The molecule has 2 aromatic carbocycles. The first-order valence-electron chi connectivity index (χ1n) is 5.68. The monoisotopic (exact) mass is 227 g/mol. The van der Waals surface area contributed by atoms with Crippen LogP contribution in [-0.4, -0.2) is 6.54 Å². The van der Waals surface area contributed by atoms with E-state index in [0.717, 1.165) is 18.7 Å². The zero-order valence-electron chi connectivity index (χ0n) is 9.69. The average Bonchev–Trinajstić information content (AvgIpc) is 2.35. The third kappa shape index (κ3) is 3.14. The zero-order valence-corrected chi connectivity index (χ0v) is 9.69. The van der Waals surface area contributed by atoms with Gasteiger partial charge in [0.25, 0.3) is 0 Å². The highest BCUT2D eigenvalue weighted by molar-refractivity contribution is 5.69. The van der Waals surface area contributed by atoms with Gasteiger partial charge in [-0.2, -0.15) is 0 Å². The molecule has 0 amide bonds. The lowest BCUT2D eigenvalue weighted by Gasteiger charge is -2.08. The smallest absolute Gasteiger partial charge is 0.0568 e. The van der Waals surface area contributed by atoms with Crippen LogP contribution < -0.4 is 16.8 Å². The molecule has 0 bridgehead atoms. The van der Waals surface area contributed by atoms with Gasteiger partial charge < -0.3 is 16.8 Å². The van der Waals surface area contributed by atoms with E-state index in [0.29, 0.717) is 11.4 Å². The Bertz CT molecular complexity index is 480. The lowest BCUT2D eigenvalue weighted by Crippen LogP contribution is -2.05. The average molecular weight is 227 g/mol. The van der Waals surface area contributed by atoms with Crippen molar-refractivity contribution in [1.29, 1.82) is 0 Å². The fraction of sp³-hybridized carbons (Fsp3) is 0.143. The van der Waals surface area contributed by atoms with Crippen molar-refractivity contribution in [2.75, 3.05) is 23.3 Å². The summed E-state index contributed by atoms with van der Waals surface area (Å²) in [6.45, 7) is 0.882. The molecule has 88 valence electrons. The molecule has 0 aromatic heterocycles. The highest BCUT2D eigenvalue weighted by Crippen LogP contribution is 2.19. The van der Waals surface area contributed by atoms with Gasteiger partial charge in [0.15, 0.2) is 0 Å². The Kier molecular flexibility index (Phi) is 3.50. The van der Waals surface area contributed by atoms with E-state index in [1.54, 1.807) is 0 Å². The second-order valence-electron chi connectivity index (χ2n) is 4.01. The van der Waals surface area contributed by atoms with Crippen molar-refractivity contribution in [3.8, 4) is 0 Å². The predicted molar refractivity (Wildman–Crippen MR) is 73.9 cm³/mol. The predicted octanol–water partition coefficient (Wildman–Crippen LogP) is 2.51. The van der Waals surface area contributed by atoms with E-state index in [1.165, 1.54) is 5.56 Å². The second kappa shape index (κ2) is 5.25. The Hall–Kier alpha value is -2.16. The first-order valence-corrected chi connectivity index (χ1v) is 5.68. The summed E-state index contributed by atoms with van der Waals surface area (Å²) in [5.74, 6) is 0. The number of nitrogens with one attached hydrogen (secondary N) is 1. The third-order valence-corrected chi connectivity index (χ3v) is 2.67. The maximum Gasteiger partial charge on any atom is 0.0568 e. The molecule has 0 spiro atoms. The van der Waals surface area contributed by atoms with E-state index in [1.807, 2.05) is 24.3 Å². The van der Waals surface area contributed by atoms with E-state index in [9.17, 15) is 0 Å². The van der Waals surface area contributed by atoms with Gasteiger partial charge >= 0.3 is 0 Å². The van der Waals surface area contributed by atoms with Crippen molar-refractivity contribution in [3.05, 3.63) is 54.1 Å². The lowest BCUT2D eigenvalue weighted by atomic mass is 10.1. The van der Waals surface area contributed by atoms with Gasteiger partial charge in [0.2, 0.25) is 0 Å². The third-order valence-electron chi connectivity index (χ3n) is 2.67. The lowest BCUT2D eigenvalue weighted by molar-refractivity contribution is 1.02. The van der Waals surface area contributed by atoms with Crippen LogP contribution in [0.25, 0.3) is 0 Å². The molecule has 0 heterocycles. The summed E-state index contributed by atoms with van der Waals surface area (Å²) in [6.07, 6.45) is 0.991. The number of benzene rings is 2. The van der Waals surface area contributed by atoms with Gasteiger partial charge in [-0.15, -0.1) is 0 Å². The minimum atomic E-state index is 0.620. The van der Waals surface area contributed by atoms with Crippen molar-refractivity contribution >= 4 is 17.1 Å². The normalized spacial score (nSPS) is 10.1. The zero-order chi connectivity index (χ0) is 12.1. The molecule has 2 rings (SSSR count). The van der Waals surface area contributed by atoms with Crippen LogP contribution in [-0.2, 0) is 6.42 Å². The molecule has 0 fully saturated rings. The molecule has 0 saturated carbocycles. The van der Waals surface area contributed by atoms with Gasteiger partial charge in [-0.05, 0) is 30.2 Å². The van der Waals surface area contributed by atoms with Crippen molar-refractivity contribution < 1.29 is 0 Å². The fourth-order valence-electron chi connectivity index (χ4n) is 1.68. The quantitative estimate of drug-likeness (QED) is 0.703. The standard InChI is InChI=1S/C14H17N3/c15-13-7-6-12(10-14(13)16)17-9-8-11-4-2-1-3-5-11/h1-7,10,17H,8-9,15-16H2. The molecule has 17 heavy (non-hydrogen) atoms. The summed E-state index contributed by atoms with van der Waals surface area (Å²) in [7, 11) is 0. The second-order valence-corrected chi connectivity index (χ2v) is 4.01. The largest absolute Gasteiger partial charge is 0.397 e. The van der Waals surface area contributed by atoms with Crippen LogP contribution in [0.5, 0.6) is 0 Å².